The van der Waals surface area contributed by atoms with Gasteiger partial charge < -0.3 is 19.5 Å². The molecule has 4 atom stereocenters. The van der Waals surface area contributed by atoms with Crippen LogP contribution in [0.3, 0.4) is 0 Å². The summed E-state index contributed by atoms with van der Waals surface area (Å²) in [5.74, 6) is -2.77. The fraction of sp³-hybridized carbons (Fsp3) is 0.818. The van der Waals surface area contributed by atoms with Gasteiger partial charge in [-0.1, -0.05) is 0 Å². The molecule has 0 aromatic carbocycles. The molecular formula is C11H16F3NO5. The van der Waals surface area contributed by atoms with Gasteiger partial charge in [0.25, 0.3) is 0 Å². The summed E-state index contributed by atoms with van der Waals surface area (Å²) in [7, 11) is 1.36. The Bertz CT molecular complexity index is 374. The summed E-state index contributed by atoms with van der Waals surface area (Å²) in [6, 6.07) is -1.10. The minimum atomic E-state index is -5.02. The molecule has 6 nitrogen and oxygen atoms in total. The van der Waals surface area contributed by atoms with Crippen molar-refractivity contribution in [3.8, 4) is 0 Å². The number of nitrogens with one attached hydrogen (secondary N) is 1. The van der Waals surface area contributed by atoms with Gasteiger partial charge in [-0.3, -0.25) is 9.59 Å². The van der Waals surface area contributed by atoms with Crippen LogP contribution in [-0.2, 0) is 23.8 Å². The van der Waals surface area contributed by atoms with Gasteiger partial charge in [0.15, 0.2) is 6.29 Å². The number of alkyl halides is 3. The van der Waals surface area contributed by atoms with E-state index in [2.05, 4.69) is 0 Å². The normalized spacial score (nSPS) is 30.7. The largest absolute Gasteiger partial charge is 0.471 e. The van der Waals surface area contributed by atoms with Gasteiger partial charge in [0, 0.05) is 20.5 Å². The molecule has 1 amide bonds. The maximum absolute atomic E-state index is 12.3. The van der Waals surface area contributed by atoms with Crippen LogP contribution < -0.4 is 5.32 Å². The molecule has 116 valence electrons. The lowest BCUT2D eigenvalue weighted by atomic mass is 9.99. The fourth-order valence-electron chi connectivity index (χ4n) is 1.95. The summed E-state index contributed by atoms with van der Waals surface area (Å²) in [6.07, 6.45) is -7.45. The Morgan fingerprint density at radius 2 is 1.95 bits per heavy atom. The molecule has 0 spiro atoms. The first-order chi connectivity index (χ1) is 9.15. The molecule has 1 aliphatic heterocycles. The predicted octanol–water partition coefficient (Wildman–Crippen LogP) is 0.746. The van der Waals surface area contributed by atoms with Crippen molar-refractivity contribution in [2.75, 3.05) is 7.11 Å². The first-order valence-electron chi connectivity index (χ1n) is 5.88. The molecule has 1 aliphatic rings. The Morgan fingerprint density at radius 3 is 2.40 bits per heavy atom. The number of hydrogen-bond donors (Lipinski definition) is 1. The summed E-state index contributed by atoms with van der Waals surface area (Å²) >= 11 is 0. The van der Waals surface area contributed by atoms with Gasteiger partial charge >= 0.3 is 18.1 Å². The monoisotopic (exact) mass is 299 g/mol. The Labute approximate surface area is 113 Å². The minimum Gasteiger partial charge on any atom is -0.460 e. The fourth-order valence-corrected chi connectivity index (χ4v) is 1.95. The molecule has 0 saturated carbocycles. The molecular weight excluding hydrogens is 283 g/mol. The van der Waals surface area contributed by atoms with Crippen molar-refractivity contribution in [3.05, 3.63) is 0 Å². The molecule has 0 aliphatic carbocycles. The summed E-state index contributed by atoms with van der Waals surface area (Å²) in [5.41, 5.74) is 0. The topological polar surface area (TPSA) is 73.9 Å². The molecule has 0 aromatic heterocycles. The lowest BCUT2D eigenvalue weighted by Crippen LogP contribution is -2.59. The molecule has 0 bridgehead atoms. The number of carbonyl (C=O) groups is 2. The van der Waals surface area contributed by atoms with Crippen molar-refractivity contribution in [1.82, 2.24) is 5.32 Å². The molecule has 20 heavy (non-hydrogen) atoms. The zero-order valence-corrected chi connectivity index (χ0v) is 11.2. The Morgan fingerprint density at radius 1 is 1.35 bits per heavy atom. The van der Waals surface area contributed by atoms with E-state index in [0.717, 1.165) is 6.92 Å². The van der Waals surface area contributed by atoms with Gasteiger partial charge in [-0.2, -0.15) is 13.2 Å². The highest BCUT2D eigenvalue weighted by molar-refractivity contribution is 5.82. The maximum atomic E-state index is 12.3. The summed E-state index contributed by atoms with van der Waals surface area (Å²) in [6.45, 7) is 2.59. The highest BCUT2D eigenvalue weighted by Crippen LogP contribution is 2.25. The second kappa shape index (κ2) is 6.40. The standard InChI is InChI=1S/C11H16F3NO5/c1-5-9(15-10(17)11(12,13)14)7(20-6(2)16)4-8(18-3)19-5/h5,7-9H,4H2,1-3H3,(H,15,17)/t5-,7-,8+,9+/m0/s1. The van der Waals surface area contributed by atoms with E-state index in [-0.39, 0.29) is 6.42 Å². The van der Waals surface area contributed by atoms with Crippen molar-refractivity contribution in [3.63, 3.8) is 0 Å². The Balaban J connectivity index is 2.82. The smallest absolute Gasteiger partial charge is 0.460 e. The minimum absolute atomic E-state index is 0.0310. The first kappa shape index (κ1) is 16.7. The molecule has 1 fully saturated rings. The van der Waals surface area contributed by atoms with E-state index in [0.29, 0.717) is 0 Å². The van der Waals surface area contributed by atoms with Crippen molar-refractivity contribution in [2.45, 2.75) is 51.0 Å². The number of hydrogen-bond acceptors (Lipinski definition) is 5. The van der Waals surface area contributed by atoms with Crippen molar-refractivity contribution < 1.29 is 37.0 Å². The first-order valence-corrected chi connectivity index (χ1v) is 5.88. The quantitative estimate of drug-likeness (QED) is 0.778. The van der Waals surface area contributed by atoms with E-state index in [1.807, 2.05) is 0 Å². The zero-order valence-electron chi connectivity index (χ0n) is 11.2. The van der Waals surface area contributed by atoms with Gasteiger partial charge in [0.2, 0.25) is 0 Å². The van der Waals surface area contributed by atoms with Crippen LogP contribution in [-0.4, -0.2) is 49.7 Å². The lowest BCUT2D eigenvalue weighted by molar-refractivity contribution is -0.220. The third-order valence-electron chi connectivity index (χ3n) is 2.83. The zero-order chi connectivity index (χ0) is 15.5. The number of rotatable bonds is 3. The maximum Gasteiger partial charge on any atom is 0.471 e. The number of carbonyl (C=O) groups excluding carboxylic acids is 2. The molecule has 0 unspecified atom stereocenters. The highest BCUT2D eigenvalue weighted by Gasteiger charge is 2.45. The van der Waals surface area contributed by atoms with Crippen LogP contribution in [0.25, 0.3) is 0 Å². The molecule has 1 rings (SSSR count). The molecule has 0 aromatic rings. The van der Waals surface area contributed by atoms with Crippen LogP contribution in [0.5, 0.6) is 0 Å². The second-order valence-electron chi connectivity index (χ2n) is 4.39. The predicted molar refractivity (Wildman–Crippen MR) is 59.5 cm³/mol. The van der Waals surface area contributed by atoms with Crippen LogP contribution in [0.15, 0.2) is 0 Å². The van der Waals surface area contributed by atoms with E-state index in [4.69, 9.17) is 14.2 Å². The average molecular weight is 299 g/mol. The SMILES string of the molecule is CO[C@H]1C[C@H](OC(C)=O)[C@H](NC(=O)C(F)(F)F)[C@H](C)O1. The van der Waals surface area contributed by atoms with Crippen molar-refractivity contribution in [1.29, 1.82) is 0 Å². The van der Waals surface area contributed by atoms with E-state index in [9.17, 15) is 22.8 Å². The number of methoxy groups -OCH3 is 1. The van der Waals surface area contributed by atoms with Crippen LogP contribution in [0, 0.1) is 0 Å². The highest BCUT2D eigenvalue weighted by atomic mass is 19.4. The van der Waals surface area contributed by atoms with Gasteiger partial charge in [0.05, 0.1) is 12.1 Å². The molecule has 9 heteroatoms. The van der Waals surface area contributed by atoms with Crippen LogP contribution in [0.2, 0.25) is 0 Å². The van der Waals surface area contributed by atoms with E-state index < -0.39 is 42.6 Å². The van der Waals surface area contributed by atoms with Gasteiger partial charge in [-0.15, -0.1) is 0 Å². The van der Waals surface area contributed by atoms with Crippen molar-refractivity contribution >= 4 is 11.9 Å². The summed E-state index contributed by atoms with van der Waals surface area (Å²) in [4.78, 5) is 22.0. The Kier molecular flexibility index (Phi) is 5.35. The third kappa shape index (κ3) is 4.34. The molecule has 0 radical (unpaired) electrons. The number of ether oxygens (including phenoxy) is 3. The van der Waals surface area contributed by atoms with Gasteiger partial charge in [-0.25, -0.2) is 0 Å². The van der Waals surface area contributed by atoms with Gasteiger partial charge in [0.1, 0.15) is 6.10 Å². The van der Waals surface area contributed by atoms with E-state index in [1.54, 1.807) is 5.32 Å². The summed E-state index contributed by atoms with van der Waals surface area (Å²) < 4.78 is 52.0. The molecule has 1 N–H and O–H groups in total. The van der Waals surface area contributed by atoms with E-state index >= 15 is 0 Å². The Hall–Kier alpha value is -1.35. The van der Waals surface area contributed by atoms with Crippen molar-refractivity contribution in [2.24, 2.45) is 0 Å². The van der Waals surface area contributed by atoms with Gasteiger partial charge in [-0.05, 0) is 6.92 Å². The average Bonchev–Trinajstić information content (AvgIpc) is 2.30. The molecule has 1 saturated heterocycles. The lowest BCUT2D eigenvalue weighted by Gasteiger charge is -2.39. The second-order valence-corrected chi connectivity index (χ2v) is 4.39. The molecule has 1 heterocycles. The van der Waals surface area contributed by atoms with Crippen LogP contribution in [0.4, 0.5) is 13.2 Å². The number of esters is 1. The van der Waals surface area contributed by atoms with Crippen LogP contribution >= 0.6 is 0 Å². The number of halogens is 3. The van der Waals surface area contributed by atoms with E-state index in [1.165, 1.54) is 14.0 Å². The summed E-state index contributed by atoms with van der Waals surface area (Å²) in [5, 5.41) is 1.79. The third-order valence-corrected chi connectivity index (χ3v) is 2.83. The van der Waals surface area contributed by atoms with Crippen LogP contribution in [0.1, 0.15) is 20.3 Å². The number of amides is 1.